The van der Waals surface area contributed by atoms with Crippen molar-refractivity contribution in [2.45, 2.75) is 36.8 Å². The fourth-order valence-electron chi connectivity index (χ4n) is 2.56. The van der Waals surface area contributed by atoms with E-state index in [1.54, 1.807) is 6.92 Å². The predicted octanol–water partition coefficient (Wildman–Crippen LogP) is 1.01. The van der Waals surface area contributed by atoms with E-state index >= 15 is 0 Å². The first-order chi connectivity index (χ1) is 9.80. The molecule has 0 aliphatic carbocycles. The molecule has 0 aromatic carbocycles. The fraction of sp³-hybridized carbons (Fsp3) is 0.667. The molecule has 2 N–H and O–H groups in total. The van der Waals surface area contributed by atoms with Gasteiger partial charge in [-0.15, -0.1) is 0 Å². The largest absolute Gasteiger partial charge is 0.481 e. The average Bonchev–Trinajstić information content (AvgIpc) is 2.76. The van der Waals surface area contributed by atoms with Gasteiger partial charge < -0.3 is 10.1 Å². The summed E-state index contributed by atoms with van der Waals surface area (Å²) in [6.45, 7) is 2.30. The van der Waals surface area contributed by atoms with Gasteiger partial charge in [-0.1, -0.05) is 11.3 Å². The maximum absolute atomic E-state index is 12.6. The van der Waals surface area contributed by atoms with Gasteiger partial charge >= 0.3 is 10.8 Å². The second-order valence-corrected chi connectivity index (χ2v) is 8.35. The molecule has 0 saturated carbocycles. The van der Waals surface area contributed by atoms with E-state index in [0.29, 0.717) is 43.0 Å². The van der Waals surface area contributed by atoms with E-state index in [-0.39, 0.29) is 21.4 Å². The summed E-state index contributed by atoms with van der Waals surface area (Å²) < 4.78 is 26.6. The van der Waals surface area contributed by atoms with Crippen LogP contribution in [0.4, 0.5) is 0 Å². The highest BCUT2D eigenvalue weighted by Crippen LogP contribution is 2.28. The number of carbonyl (C=O) groups is 1. The number of aryl methyl sites for hydroxylation is 1. The highest BCUT2D eigenvalue weighted by atomic mass is 32.2. The van der Waals surface area contributed by atoms with Crippen molar-refractivity contribution in [1.82, 2.24) is 9.29 Å². The Balaban J connectivity index is 2.15. The fourth-order valence-corrected chi connectivity index (χ4v) is 5.55. The predicted molar refractivity (Wildman–Crippen MR) is 78.0 cm³/mol. The molecule has 9 heteroatoms. The van der Waals surface area contributed by atoms with Gasteiger partial charge in [-0.25, -0.2) is 8.42 Å². The van der Waals surface area contributed by atoms with Crippen LogP contribution in [-0.2, 0) is 14.8 Å². The number of hydrogen-bond donors (Lipinski definition) is 2. The number of nitrogens with zero attached hydrogens (tertiary/aromatic N) is 1. The van der Waals surface area contributed by atoms with Gasteiger partial charge in [0.25, 0.3) is 10.0 Å². The Kier molecular flexibility index (Phi) is 4.84. The highest BCUT2D eigenvalue weighted by Gasteiger charge is 2.32. The van der Waals surface area contributed by atoms with Crippen molar-refractivity contribution in [2.24, 2.45) is 5.92 Å². The number of aromatic nitrogens is 1. The number of sulfonamides is 1. The summed E-state index contributed by atoms with van der Waals surface area (Å²) in [6.07, 6.45) is 2.07. The van der Waals surface area contributed by atoms with E-state index in [0.717, 1.165) is 6.42 Å². The molecule has 1 aromatic heterocycles. The minimum absolute atomic E-state index is 0.0507. The molecule has 2 rings (SSSR count). The molecule has 0 spiro atoms. The number of aromatic amines is 1. The van der Waals surface area contributed by atoms with Crippen LogP contribution in [0.3, 0.4) is 0 Å². The first kappa shape index (κ1) is 16.2. The smallest absolute Gasteiger partial charge is 0.305 e. The van der Waals surface area contributed by atoms with E-state index in [4.69, 9.17) is 5.11 Å². The van der Waals surface area contributed by atoms with Crippen LogP contribution in [0.15, 0.2) is 9.00 Å². The summed E-state index contributed by atoms with van der Waals surface area (Å²) in [6, 6.07) is 0. The van der Waals surface area contributed by atoms with Crippen molar-refractivity contribution < 1.29 is 18.3 Å². The number of H-pyrrole nitrogens is 1. The molecule has 7 nitrogen and oxygen atoms in total. The standard InChI is InChI=1S/C12H18N2O5S2/c1-8-11(20-12(17)13-8)21(18,19)14-6-2-3-9(7-14)4-5-10(15)16/h9H,2-7H2,1H3,(H,13,17)(H,15,16). The molecule has 0 bridgehead atoms. The normalized spacial score (nSPS) is 20.5. The summed E-state index contributed by atoms with van der Waals surface area (Å²) in [5.41, 5.74) is 0.359. The lowest BCUT2D eigenvalue weighted by Gasteiger charge is -2.31. The summed E-state index contributed by atoms with van der Waals surface area (Å²) in [7, 11) is -3.67. The Morgan fingerprint density at radius 1 is 1.52 bits per heavy atom. The Bertz CT molecular complexity index is 676. The number of nitrogens with one attached hydrogen (secondary N) is 1. The molecule has 1 aliphatic heterocycles. The summed E-state index contributed by atoms with van der Waals surface area (Å²) in [4.78, 5) is 24.0. The zero-order valence-corrected chi connectivity index (χ0v) is 13.3. The Morgan fingerprint density at radius 2 is 2.24 bits per heavy atom. The second kappa shape index (κ2) is 6.29. The molecule has 2 heterocycles. The summed E-state index contributed by atoms with van der Waals surface area (Å²) >= 11 is 0.700. The lowest BCUT2D eigenvalue weighted by molar-refractivity contribution is -0.137. The van der Waals surface area contributed by atoms with E-state index < -0.39 is 16.0 Å². The molecule has 0 radical (unpaired) electrons. The third kappa shape index (κ3) is 3.72. The molecule has 1 unspecified atom stereocenters. The summed E-state index contributed by atoms with van der Waals surface area (Å²) in [5, 5.41) is 8.72. The van der Waals surface area contributed by atoms with E-state index in [2.05, 4.69) is 4.98 Å². The number of piperidine rings is 1. The van der Waals surface area contributed by atoms with Crippen molar-refractivity contribution in [2.75, 3.05) is 13.1 Å². The van der Waals surface area contributed by atoms with Crippen molar-refractivity contribution >= 4 is 27.3 Å². The SMILES string of the molecule is Cc1[nH]c(=O)sc1S(=O)(=O)N1CCCC(CCC(=O)O)C1. The topological polar surface area (TPSA) is 108 Å². The minimum Gasteiger partial charge on any atom is -0.481 e. The molecular formula is C12H18N2O5S2. The molecular weight excluding hydrogens is 316 g/mol. The van der Waals surface area contributed by atoms with Crippen LogP contribution in [0.2, 0.25) is 0 Å². The van der Waals surface area contributed by atoms with Gasteiger partial charge in [0.05, 0.1) is 0 Å². The number of rotatable bonds is 5. The van der Waals surface area contributed by atoms with Gasteiger partial charge in [-0.05, 0) is 32.1 Å². The van der Waals surface area contributed by atoms with Crippen LogP contribution in [-0.4, -0.2) is 41.9 Å². The van der Waals surface area contributed by atoms with E-state index in [1.165, 1.54) is 4.31 Å². The lowest BCUT2D eigenvalue weighted by Crippen LogP contribution is -2.39. The van der Waals surface area contributed by atoms with Gasteiger partial charge in [-0.2, -0.15) is 4.31 Å². The number of carboxylic acids is 1. The lowest BCUT2D eigenvalue weighted by atomic mass is 9.95. The monoisotopic (exact) mass is 334 g/mol. The van der Waals surface area contributed by atoms with Gasteiger partial charge in [-0.3, -0.25) is 9.59 Å². The maximum Gasteiger partial charge on any atom is 0.305 e. The molecule has 1 saturated heterocycles. The van der Waals surface area contributed by atoms with Crippen LogP contribution in [0, 0.1) is 12.8 Å². The van der Waals surface area contributed by atoms with Crippen molar-refractivity contribution in [3.8, 4) is 0 Å². The average molecular weight is 334 g/mol. The molecule has 0 amide bonds. The second-order valence-electron chi connectivity index (χ2n) is 5.23. The Morgan fingerprint density at radius 3 is 2.81 bits per heavy atom. The number of hydrogen-bond acceptors (Lipinski definition) is 5. The van der Waals surface area contributed by atoms with Gasteiger partial charge in [0, 0.05) is 25.2 Å². The number of aliphatic carboxylic acids is 1. The van der Waals surface area contributed by atoms with Gasteiger partial charge in [0.15, 0.2) is 4.21 Å². The zero-order valence-electron chi connectivity index (χ0n) is 11.7. The third-order valence-electron chi connectivity index (χ3n) is 3.60. The minimum atomic E-state index is -3.67. The van der Waals surface area contributed by atoms with E-state index in [1.807, 2.05) is 0 Å². The zero-order chi connectivity index (χ0) is 15.6. The van der Waals surface area contributed by atoms with Crippen LogP contribution in [0.1, 0.15) is 31.4 Å². The van der Waals surface area contributed by atoms with Crippen molar-refractivity contribution in [3.63, 3.8) is 0 Å². The van der Waals surface area contributed by atoms with Gasteiger partial charge in [0.2, 0.25) is 0 Å². The first-order valence-electron chi connectivity index (χ1n) is 6.72. The quantitative estimate of drug-likeness (QED) is 0.835. The number of thiazole rings is 1. The molecule has 1 aliphatic rings. The first-order valence-corrected chi connectivity index (χ1v) is 8.98. The van der Waals surface area contributed by atoms with Crippen LogP contribution >= 0.6 is 11.3 Å². The Labute approximate surface area is 126 Å². The molecule has 118 valence electrons. The molecule has 1 fully saturated rings. The van der Waals surface area contributed by atoms with Gasteiger partial charge in [0.1, 0.15) is 0 Å². The van der Waals surface area contributed by atoms with Crippen LogP contribution < -0.4 is 4.87 Å². The van der Waals surface area contributed by atoms with E-state index in [9.17, 15) is 18.0 Å². The maximum atomic E-state index is 12.6. The molecule has 1 aromatic rings. The van der Waals surface area contributed by atoms with Crippen LogP contribution in [0.25, 0.3) is 0 Å². The Hall–Kier alpha value is -1.19. The number of carboxylic acid groups (broad SMARTS) is 1. The van der Waals surface area contributed by atoms with Crippen LogP contribution in [0.5, 0.6) is 0 Å². The summed E-state index contributed by atoms with van der Waals surface area (Å²) in [5.74, 6) is -0.810. The van der Waals surface area contributed by atoms with Crippen molar-refractivity contribution in [3.05, 3.63) is 15.4 Å². The molecule has 21 heavy (non-hydrogen) atoms. The third-order valence-corrected chi connectivity index (χ3v) is 7.05. The highest BCUT2D eigenvalue weighted by molar-refractivity contribution is 7.91. The molecule has 1 atom stereocenters. The van der Waals surface area contributed by atoms with Crippen molar-refractivity contribution in [1.29, 1.82) is 0 Å².